The highest BCUT2D eigenvalue weighted by molar-refractivity contribution is 8.18. The zero-order chi connectivity index (χ0) is 25.5. The van der Waals surface area contributed by atoms with E-state index in [-0.39, 0.29) is 17.0 Å². The number of thioether (sulfide) groups is 1. The normalized spacial score (nSPS) is 20.4. The van der Waals surface area contributed by atoms with Crippen LogP contribution in [0.5, 0.6) is 0 Å². The van der Waals surface area contributed by atoms with Crippen molar-refractivity contribution in [2.75, 3.05) is 23.3 Å². The van der Waals surface area contributed by atoms with E-state index in [0.29, 0.717) is 27.2 Å². The van der Waals surface area contributed by atoms with Crippen LogP contribution in [0.3, 0.4) is 0 Å². The summed E-state index contributed by atoms with van der Waals surface area (Å²) in [5, 5.41) is 3.23. The fourth-order valence-corrected chi connectivity index (χ4v) is 6.05. The fourth-order valence-electron chi connectivity index (χ4n) is 4.88. The minimum absolute atomic E-state index is 0.0151. The van der Waals surface area contributed by atoms with E-state index >= 15 is 0 Å². The summed E-state index contributed by atoms with van der Waals surface area (Å²) >= 11 is 13.3. The molecule has 0 aliphatic carbocycles. The van der Waals surface area contributed by atoms with Crippen molar-refractivity contribution in [2.24, 2.45) is 0 Å². The number of amides is 3. The summed E-state index contributed by atoms with van der Waals surface area (Å²) in [6.45, 7) is 9.27. The fraction of sp³-hybridized carbons (Fsp3) is 0.346. The van der Waals surface area contributed by atoms with E-state index in [1.165, 1.54) is 5.56 Å². The van der Waals surface area contributed by atoms with Crippen LogP contribution in [0.25, 0.3) is 6.08 Å². The van der Waals surface area contributed by atoms with Gasteiger partial charge in [0.2, 0.25) is 5.91 Å². The molecule has 1 atom stereocenters. The molecular weight excluding hydrogens is 505 g/mol. The molecule has 184 valence electrons. The van der Waals surface area contributed by atoms with Gasteiger partial charge in [-0.1, -0.05) is 30.1 Å². The lowest BCUT2D eigenvalue weighted by Crippen LogP contribution is -2.48. The molecule has 0 spiro atoms. The predicted molar refractivity (Wildman–Crippen MR) is 144 cm³/mol. The molecule has 2 aromatic rings. The van der Waals surface area contributed by atoms with E-state index in [9.17, 15) is 14.4 Å². The monoisotopic (exact) mass is 531 g/mol. The van der Waals surface area contributed by atoms with Crippen LogP contribution >= 0.6 is 35.0 Å². The number of fused-ring (bicyclic) bond motifs is 1. The number of halogens is 2. The van der Waals surface area contributed by atoms with Gasteiger partial charge >= 0.3 is 0 Å². The van der Waals surface area contributed by atoms with Gasteiger partial charge in [-0.25, -0.2) is 0 Å². The molecule has 1 saturated heterocycles. The Kier molecular flexibility index (Phi) is 7.23. The average molecular weight is 532 g/mol. The molecule has 2 aromatic carbocycles. The number of anilines is 2. The number of rotatable bonds is 5. The first kappa shape index (κ1) is 25.6. The molecule has 1 N–H and O–H groups in total. The van der Waals surface area contributed by atoms with E-state index in [0.717, 1.165) is 35.3 Å². The molecule has 0 bridgehead atoms. The van der Waals surface area contributed by atoms with Crippen molar-refractivity contribution in [3.8, 4) is 0 Å². The molecule has 2 aliphatic heterocycles. The van der Waals surface area contributed by atoms with E-state index in [1.54, 1.807) is 30.3 Å². The Balaban J connectivity index is 1.55. The smallest absolute Gasteiger partial charge is 0.294 e. The van der Waals surface area contributed by atoms with E-state index in [1.807, 2.05) is 12.1 Å². The highest BCUT2D eigenvalue weighted by Gasteiger charge is 2.38. The quantitative estimate of drug-likeness (QED) is 0.430. The van der Waals surface area contributed by atoms with Gasteiger partial charge in [0.25, 0.3) is 11.1 Å². The minimum Gasteiger partial charge on any atom is -0.366 e. The van der Waals surface area contributed by atoms with Crippen LogP contribution in [0.15, 0.2) is 41.3 Å². The zero-order valence-electron chi connectivity index (χ0n) is 20.0. The third-order valence-corrected chi connectivity index (χ3v) is 7.90. The van der Waals surface area contributed by atoms with Gasteiger partial charge in [-0.15, -0.1) is 0 Å². The lowest BCUT2D eigenvalue weighted by molar-refractivity contribution is -0.127. The topological polar surface area (TPSA) is 69.7 Å². The first-order chi connectivity index (χ1) is 16.5. The Morgan fingerprint density at radius 3 is 2.54 bits per heavy atom. The Hall–Kier alpha value is -2.48. The third kappa shape index (κ3) is 5.22. The van der Waals surface area contributed by atoms with E-state index in [4.69, 9.17) is 23.2 Å². The van der Waals surface area contributed by atoms with E-state index < -0.39 is 17.1 Å². The maximum absolute atomic E-state index is 13.0. The van der Waals surface area contributed by atoms with Crippen molar-refractivity contribution in [3.05, 3.63) is 62.5 Å². The molecule has 0 radical (unpaired) electrons. The first-order valence-corrected chi connectivity index (χ1v) is 13.0. The first-order valence-electron chi connectivity index (χ1n) is 11.4. The van der Waals surface area contributed by atoms with Crippen LogP contribution in [0.2, 0.25) is 10.0 Å². The van der Waals surface area contributed by atoms with Crippen molar-refractivity contribution < 1.29 is 14.4 Å². The lowest BCUT2D eigenvalue weighted by atomic mass is 9.79. The SMILES string of the molecule is CCN1c2cc(Cl)c(/C=C3/SC(=O)N(CC(=O)Nc4ccc(Cl)cc4)C3=O)cc2C(C)CC1(C)C. The summed E-state index contributed by atoms with van der Waals surface area (Å²) in [5.74, 6) is -0.665. The summed E-state index contributed by atoms with van der Waals surface area (Å²) in [7, 11) is 0. The average Bonchev–Trinajstić information content (AvgIpc) is 3.03. The summed E-state index contributed by atoms with van der Waals surface area (Å²) in [4.78, 5) is 41.5. The minimum atomic E-state index is -0.510. The van der Waals surface area contributed by atoms with E-state index in [2.05, 4.69) is 37.9 Å². The Morgan fingerprint density at radius 2 is 1.89 bits per heavy atom. The highest BCUT2D eigenvalue weighted by Crippen LogP contribution is 2.45. The standard InChI is InChI=1S/C26H27Cl2N3O3S/c1-5-31-21-12-20(28)16(10-19(21)15(2)13-26(31,3)4)11-22-24(33)30(25(34)35-22)14-23(32)29-18-8-6-17(27)7-9-18/h6-12,15H,5,13-14H2,1-4H3,(H,29,32)/b22-11+. The Bertz CT molecular complexity index is 1230. The van der Waals surface area contributed by atoms with Crippen LogP contribution in [-0.2, 0) is 9.59 Å². The van der Waals surface area contributed by atoms with Crippen LogP contribution in [0, 0.1) is 0 Å². The highest BCUT2D eigenvalue weighted by atomic mass is 35.5. The maximum Gasteiger partial charge on any atom is 0.294 e. The summed E-state index contributed by atoms with van der Waals surface area (Å²) < 4.78 is 0. The van der Waals surface area contributed by atoms with Gasteiger partial charge in [0.1, 0.15) is 6.54 Å². The number of carbonyl (C=O) groups excluding carboxylic acids is 3. The molecule has 1 unspecified atom stereocenters. The second-order valence-electron chi connectivity index (χ2n) is 9.42. The second kappa shape index (κ2) is 9.88. The molecule has 0 aromatic heterocycles. The van der Waals surface area contributed by atoms with Gasteiger partial charge in [0, 0.05) is 33.5 Å². The summed E-state index contributed by atoms with van der Waals surface area (Å²) in [5.41, 5.74) is 3.50. The van der Waals surface area contributed by atoms with Crippen LogP contribution in [0.4, 0.5) is 16.2 Å². The largest absolute Gasteiger partial charge is 0.366 e. The van der Waals surface area contributed by atoms with Gasteiger partial charge < -0.3 is 10.2 Å². The predicted octanol–water partition coefficient (Wildman–Crippen LogP) is 6.78. The van der Waals surface area contributed by atoms with Gasteiger partial charge in [0.15, 0.2) is 0 Å². The second-order valence-corrected chi connectivity index (χ2v) is 11.3. The Morgan fingerprint density at radius 1 is 1.20 bits per heavy atom. The van der Waals surface area contributed by atoms with Crippen LogP contribution in [-0.4, -0.2) is 40.6 Å². The van der Waals surface area contributed by atoms with Crippen molar-refractivity contribution in [1.29, 1.82) is 0 Å². The molecule has 35 heavy (non-hydrogen) atoms. The molecule has 2 heterocycles. The molecule has 4 rings (SSSR count). The van der Waals surface area contributed by atoms with Crippen molar-refractivity contribution in [1.82, 2.24) is 4.90 Å². The number of nitrogens with zero attached hydrogens (tertiary/aromatic N) is 2. The lowest BCUT2D eigenvalue weighted by Gasteiger charge is -2.47. The van der Waals surface area contributed by atoms with Gasteiger partial charge in [-0.3, -0.25) is 19.3 Å². The van der Waals surface area contributed by atoms with Gasteiger partial charge in [0.05, 0.1) is 4.91 Å². The molecule has 1 fully saturated rings. The Labute approximate surface area is 219 Å². The van der Waals surface area contributed by atoms with Crippen molar-refractivity contribution in [2.45, 2.75) is 45.6 Å². The molecule has 0 saturated carbocycles. The number of carbonyl (C=O) groups is 3. The molecule has 2 aliphatic rings. The molecule has 9 heteroatoms. The zero-order valence-corrected chi connectivity index (χ0v) is 22.4. The molecular formula is C26H27Cl2N3O3S. The summed E-state index contributed by atoms with van der Waals surface area (Å²) in [6, 6.07) is 10.5. The number of hydrogen-bond donors (Lipinski definition) is 1. The van der Waals surface area contributed by atoms with Crippen molar-refractivity contribution in [3.63, 3.8) is 0 Å². The maximum atomic E-state index is 13.0. The molecule has 6 nitrogen and oxygen atoms in total. The molecule has 3 amide bonds. The van der Waals surface area contributed by atoms with Gasteiger partial charge in [-0.2, -0.15) is 0 Å². The number of nitrogens with one attached hydrogen (secondary N) is 1. The number of benzene rings is 2. The number of hydrogen-bond acceptors (Lipinski definition) is 5. The van der Waals surface area contributed by atoms with Crippen molar-refractivity contribution >= 4 is 69.5 Å². The van der Waals surface area contributed by atoms with Crippen LogP contribution in [0.1, 0.15) is 51.2 Å². The van der Waals surface area contributed by atoms with Gasteiger partial charge in [-0.05, 0) is 98.5 Å². The number of imide groups is 1. The summed E-state index contributed by atoms with van der Waals surface area (Å²) in [6.07, 6.45) is 2.64. The van der Waals surface area contributed by atoms with Crippen LogP contribution < -0.4 is 10.2 Å². The third-order valence-electron chi connectivity index (χ3n) is 6.41.